The van der Waals surface area contributed by atoms with Gasteiger partial charge in [-0.3, -0.25) is 4.79 Å². The molecule has 0 fully saturated rings. The molecule has 114 valence electrons. The third kappa shape index (κ3) is 3.25. The number of ketones is 1. The highest BCUT2D eigenvalue weighted by molar-refractivity contribution is 6.03. The fourth-order valence-electron chi connectivity index (χ4n) is 2.63. The van der Waals surface area contributed by atoms with Crippen molar-refractivity contribution in [3.63, 3.8) is 0 Å². The number of methoxy groups -OCH3 is 1. The number of Topliss-reactive ketones (excluding diaryl/α,β-unsaturated/α-hetero) is 1. The second-order valence-electron chi connectivity index (χ2n) is 5.26. The van der Waals surface area contributed by atoms with Crippen molar-refractivity contribution in [2.45, 2.75) is 26.2 Å². The molecule has 0 saturated carbocycles. The third-order valence-corrected chi connectivity index (χ3v) is 3.84. The van der Waals surface area contributed by atoms with E-state index in [1.807, 2.05) is 44.2 Å². The summed E-state index contributed by atoms with van der Waals surface area (Å²) in [5, 5.41) is 0. The Morgan fingerprint density at radius 2 is 1.77 bits per heavy atom. The van der Waals surface area contributed by atoms with Gasteiger partial charge in [0.05, 0.1) is 12.7 Å². The molecule has 0 bridgehead atoms. The largest absolute Gasteiger partial charge is 0.465 e. The Labute approximate surface area is 130 Å². The first-order valence-corrected chi connectivity index (χ1v) is 7.36. The van der Waals surface area contributed by atoms with Gasteiger partial charge >= 0.3 is 5.97 Å². The van der Waals surface area contributed by atoms with Crippen molar-refractivity contribution in [2.24, 2.45) is 0 Å². The molecule has 0 aliphatic heterocycles. The molecule has 0 radical (unpaired) electrons. The number of hydrogen-bond donors (Lipinski definition) is 0. The Morgan fingerprint density at radius 1 is 1.09 bits per heavy atom. The van der Waals surface area contributed by atoms with Crippen LogP contribution in [0.1, 0.15) is 51.1 Å². The number of esters is 1. The van der Waals surface area contributed by atoms with Crippen LogP contribution in [-0.4, -0.2) is 18.9 Å². The van der Waals surface area contributed by atoms with Gasteiger partial charge in [0.1, 0.15) is 0 Å². The summed E-state index contributed by atoms with van der Waals surface area (Å²) in [5.74, 6) is -0.469. The van der Waals surface area contributed by atoms with Gasteiger partial charge in [-0.2, -0.15) is 0 Å². The fourth-order valence-corrected chi connectivity index (χ4v) is 2.63. The van der Waals surface area contributed by atoms with Gasteiger partial charge < -0.3 is 4.74 Å². The number of ether oxygens (including phenoxy) is 1. The molecule has 22 heavy (non-hydrogen) atoms. The summed E-state index contributed by atoms with van der Waals surface area (Å²) < 4.78 is 4.71. The molecule has 2 rings (SSSR count). The predicted octanol–water partition coefficient (Wildman–Crippen LogP) is 4.16. The number of hydrogen-bond acceptors (Lipinski definition) is 3. The number of aryl methyl sites for hydroxylation is 1. The minimum atomic E-state index is -0.391. The van der Waals surface area contributed by atoms with E-state index in [0.717, 1.165) is 17.5 Å². The van der Waals surface area contributed by atoms with Gasteiger partial charge in [-0.25, -0.2) is 4.79 Å². The van der Waals surface area contributed by atoms with Crippen LogP contribution >= 0.6 is 0 Å². The zero-order valence-corrected chi connectivity index (χ0v) is 13.1. The first kappa shape index (κ1) is 16.0. The van der Waals surface area contributed by atoms with E-state index in [4.69, 9.17) is 4.74 Å². The van der Waals surface area contributed by atoms with Crippen molar-refractivity contribution in [2.75, 3.05) is 7.11 Å². The second kappa shape index (κ2) is 7.03. The highest BCUT2D eigenvalue weighted by atomic mass is 16.5. The van der Waals surface area contributed by atoms with E-state index in [9.17, 15) is 9.59 Å². The first-order valence-electron chi connectivity index (χ1n) is 7.36. The van der Waals surface area contributed by atoms with Crippen LogP contribution in [0.2, 0.25) is 0 Å². The van der Waals surface area contributed by atoms with Crippen LogP contribution in [0.5, 0.6) is 0 Å². The fraction of sp³-hybridized carbons (Fsp3) is 0.263. The Hall–Kier alpha value is -2.42. The lowest BCUT2D eigenvalue weighted by atomic mass is 9.87. The lowest BCUT2D eigenvalue weighted by molar-refractivity contribution is 0.0600. The molecule has 0 spiro atoms. The van der Waals surface area contributed by atoms with Crippen LogP contribution in [-0.2, 0) is 4.74 Å². The normalized spacial score (nSPS) is 11.8. The summed E-state index contributed by atoms with van der Waals surface area (Å²) in [6.45, 7) is 3.85. The molecule has 2 aromatic rings. The molecule has 2 aromatic carbocycles. The maximum atomic E-state index is 12.8. The summed E-state index contributed by atoms with van der Waals surface area (Å²) >= 11 is 0. The highest BCUT2D eigenvalue weighted by Gasteiger charge is 2.22. The number of carbonyl (C=O) groups is 2. The molecule has 0 aliphatic rings. The SMILES string of the molecule is CCC(C(=O)c1ccc(C(=O)OC)cc1C)c1ccccc1. The van der Waals surface area contributed by atoms with Crippen molar-refractivity contribution in [3.05, 3.63) is 70.8 Å². The summed E-state index contributed by atoms with van der Waals surface area (Å²) in [4.78, 5) is 24.4. The lowest BCUT2D eigenvalue weighted by Gasteiger charge is -2.16. The van der Waals surface area contributed by atoms with Crippen molar-refractivity contribution in [1.82, 2.24) is 0 Å². The molecule has 3 nitrogen and oxygen atoms in total. The van der Waals surface area contributed by atoms with Crippen LogP contribution in [0.25, 0.3) is 0 Å². The quantitative estimate of drug-likeness (QED) is 0.614. The third-order valence-electron chi connectivity index (χ3n) is 3.84. The monoisotopic (exact) mass is 296 g/mol. The Kier molecular flexibility index (Phi) is 5.10. The van der Waals surface area contributed by atoms with Crippen LogP contribution in [0, 0.1) is 6.92 Å². The first-order chi connectivity index (χ1) is 10.6. The van der Waals surface area contributed by atoms with E-state index >= 15 is 0 Å². The van der Waals surface area contributed by atoms with Crippen molar-refractivity contribution < 1.29 is 14.3 Å². The molecule has 0 heterocycles. The van der Waals surface area contributed by atoms with Gasteiger partial charge in [0, 0.05) is 11.5 Å². The standard InChI is InChI=1S/C19H20O3/c1-4-16(14-8-6-5-7-9-14)18(20)17-11-10-15(12-13(17)2)19(21)22-3/h5-12,16H,4H2,1-3H3. The maximum absolute atomic E-state index is 12.8. The zero-order chi connectivity index (χ0) is 16.1. The molecule has 0 N–H and O–H groups in total. The molecule has 1 unspecified atom stereocenters. The summed E-state index contributed by atoms with van der Waals surface area (Å²) in [5.41, 5.74) is 2.93. The van der Waals surface area contributed by atoms with Crippen molar-refractivity contribution >= 4 is 11.8 Å². The minimum absolute atomic E-state index is 0.0858. The van der Waals surface area contributed by atoms with E-state index in [-0.39, 0.29) is 11.7 Å². The molecule has 0 saturated heterocycles. The van der Waals surface area contributed by atoms with Gasteiger partial charge in [-0.15, -0.1) is 0 Å². The van der Waals surface area contributed by atoms with E-state index in [2.05, 4.69) is 0 Å². The van der Waals surface area contributed by atoms with Crippen molar-refractivity contribution in [3.8, 4) is 0 Å². The average molecular weight is 296 g/mol. The van der Waals surface area contributed by atoms with Gasteiger partial charge in [0.25, 0.3) is 0 Å². The van der Waals surface area contributed by atoms with Gasteiger partial charge in [0.2, 0.25) is 0 Å². The summed E-state index contributed by atoms with van der Waals surface area (Å²) in [6.07, 6.45) is 0.737. The van der Waals surface area contributed by atoms with Crippen LogP contribution in [0.15, 0.2) is 48.5 Å². The Morgan fingerprint density at radius 3 is 2.32 bits per heavy atom. The van der Waals surface area contributed by atoms with E-state index in [1.54, 1.807) is 18.2 Å². The average Bonchev–Trinajstić information content (AvgIpc) is 2.55. The Bertz CT molecular complexity index is 674. The minimum Gasteiger partial charge on any atom is -0.465 e. The highest BCUT2D eigenvalue weighted by Crippen LogP contribution is 2.26. The number of carbonyl (C=O) groups excluding carboxylic acids is 2. The summed E-state index contributed by atoms with van der Waals surface area (Å²) in [7, 11) is 1.35. The lowest BCUT2D eigenvalue weighted by Crippen LogP contribution is -2.14. The number of benzene rings is 2. The van der Waals surface area contributed by atoms with Crippen LogP contribution in [0.3, 0.4) is 0 Å². The van der Waals surface area contributed by atoms with Gasteiger partial charge in [-0.1, -0.05) is 43.3 Å². The van der Waals surface area contributed by atoms with Crippen molar-refractivity contribution in [1.29, 1.82) is 0 Å². The second-order valence-corrected chi connectivity index (χ2v) is 5.26. The van der Waals surface area contributed by atoms with Crippen LogP contribution < -0.4 is 0 Å². The van der Waals surface area contributed by atoms with Gasteiger partial charge in [-0.05, 0) is 36.6 Å². The zero-order valence-electron chi connectivity index (χ0n) is 13.1. The molecule has 3 heteroatoms. The van der Waals surface area contributed by atoms with E-state index < -0.39 is 5.97 Å². The molecular formula is C19H20O3. The molecule has 0 aliphatic carbocycles. The van der Waals surface area contributed by atoms with E-state index in [0.29, 0.717) is 11.1 Å². The molecular weight excluding hydrogens is 276 g/mol. The predicted molar refractivity (Wildman–Crippen MR) is 86.3 cm³/mol. The molecule has 0 amide bonds. The number of rotatable bonds is 5. The van der Waals surface area contributed by atoms with Gasteiger partial charge in [0.15, 0.2) is 5.78 Å². The van der Waals surface area contributed by atoms with E-state index in [1.165, 1.54) is 7.11 Å². The Balaban J connectivity index is 2.34. The smallest absolute Gasteiger partial charge is 0.337 e. The molecule has 1 atom stereocenters. The topological polar surface area (TPSA) is 43.4 Å². The maximum Gasteiger partial charge on any atom is 0.337 e. The van der Waals surface area contributed by atoms with Crippen LogP contribution in [0.4, 0.5) is 0 Å². The summed E-state index contributed by atoms with van der Waals surface area (Å²) in [6, 6.07) is 14.8. The molecule has 0 aromatic heterocycles.